The third-order valence-corrected chi connectivity index (χ3v) is 9.34. The van der Waals surface area contributed by atoms with Gasteiger partial charge in [0, 0.05) is 23.1 Å². The highest BCUT2D eigenvalue weighted by molar-refractivity contribution is 7.92. The maximum atomic E-state index is 14.0. The average Bonchev–Trinajstić information content (AvgIpc) is 2.93. The van der Waals surface area contributed by atoms with Crippen LogP contribution < -0.4 is 9.62 Å². The second-order valence-corrected chi connectivity index (χ2v) is 13.7. The maximum absolute atomic E-state index is 14.0. The first-order valence-electron chi connectivity index (χ1n) is 13.4. The number of sulfonamides is 1. The minimum absolute atomic E-state index is 0.101. The van der Waals surface area contributed by atoms with Crippen LogP contribution >= 0.6 is 34.8 Å². The van der Waals surface area contributed by atoms with Gasteiger partial charge in [0.05, 0.1) is 21.2 Å². The lowest BCUT2D eigenvalue weighted by Gasteiger charge is -2.32. The van der Waals surface area contributed by atoms with Crippen molar-refractivity contribution in [1.82, 2.24) is 10.2 Å². The summed E-state index contributed by atoms with van der Waals surface area (Å²) in [5, 5.41) is 2.63. The minimum Gasteiger partial charge on any atom is -0.354 e. The van der Waals surface area contributed by atoms with Gasteiger partial charge in [0.25, 0.3) is 10.0 Å². The summed E-state index contributed by atoms with van der Waals surface area (Å²) in [6.45, 7) is 6.11. The molecule has 0 saturated carbocycles. The molecule has 0 bridgehead atoms. The Morgan fingerprint density at radius 3 is 2.11 bits per heavy atom. The lowest BCUT2D eigenvalue weighted by molar-refractivity contribution is -0.139. The third kappa shape index (κ3) is 8.80. The molecular weight excluding hydrogens is 662 g/mol. The van der Waals surface area contributed by atoms with Gasteiger partial charge in [-0.25, -0.2) is 8.42 Å². The van der Waals surface area contributed by atoms with Crippen LogP contribution in [0.1, 0.15) is 37.5 Å². The van der Waals surface area contributed by atoms with Crippen LogP contribution in [0.2, 0.25) is 15.1 Å². The predicted molar refractivity (Wildman–Crippen MR) is 166 cm³/mol. The van der Waals surface area contributed by atoms with E-state index in [-0.39, 0.29) is 22.4 Å². The molecule has 0 unspecified atom stereocenters. The minimum atomic E-state index is -4.91. The zero-order valence-corrected chi connectivity index (χ0v) is 27.3. The van der Waals surface area contributed by atoms with Crippen molar-refractivity contribution in [3.63, 3.8) is 0 Å². The molecule has 3 aromatic rings. The molecule has 1 atom stereocenters. The second kappa shape index (κ2) is 14.4. The Kier molecular flexibility index (Phi) is 11.6. The Hall–Kier alpha value is -2.99. The van der Waals surface area contributed by atoms with E-state index in [1.807, 2.05) is 13.8 Å². The van der Waals surface area contributed by atoms with Crippen LogP contribution in [0.3, 0.4) is 0 Å². The van der Waals surface area contributed by atoms with E-state index < -0.39 is 56.9 Å². The smallest absolute Gasteiger partial charge is 0.354 e. The summed E-state index contributed by atoms with van der Waals surface area (Å²) in [6, 6.07) is 11.6. The standard InChI is InChI=1S/C30H31Cl3F3N3O4S/c1-18(2)15-37-29(41)20(4)38(16-21-7-8-22(31)13-27(21)33)28(40)17-39(44(42,43)24-10-5-19(3)6-11-24)23-9-12-26(32)25(14-23)30(34,35)36/h5-14,18,20H,15-17H2,1-4H3,(H,37,41)/t20-/m1/s1. The van der Waals surface area contributed by atoms with Crippen molar-refractivity contribution >= 4 is 62.3 Å². The lowest BCUT2D eigenvalue weighted by Crippen LogP contribution is -2.51. The van der Waals surface area contributed by atoms with Crippen molar-refractivity contribution in [2.75, 3.05) is 17.4 Å². The normalized spacial score (nSPS) is 12.6. The molecule has 1 N–H and O–H groups in total. The fourth-order valence-electron chi connectivity index (χ4n) is 4.12. The molecule has 0 aliphatic heterocycles. The van der Waals surface area contributed by atoms with E-state index in [1.54, 1.807) is 13.0 Å². The zero-order valence-electron chi connectivity index (χ0n) is 24.3. The number of halogens is 6. The summed E-state index contributed by atoms with van der Waals surface area (Å²) in [5.41, 5.74) is -0.576. The summed E-state index contributed by atoms with van der Waals surface area (Å²) in [4.78, 5) is 27.9. The summed E-state index contributed by atoms with van der Waals surface area (Å²) in [5.74, 6) is -1.29. The predicted octanol–water partition coefficient (Wildman–Crippen LogP) is 7.36. The van der Waals surface area contributed by atoms with E-state index in [1.165, 1.54) is 43.3 Å². The van der Waals surface area contributed by atoms with E-state index in [2.05, 4.69) is 5.32 Å². The van der Waals surface area contributed by atoms with Gasteiger partial charge in [-0.2, -0.15) is 13.2 Å². The summed E-state index contributed by atoms with van der Waals surface area (Å²) >= 11 is 18.2. The molecule has 0 aliphatic carbocycles. The van der Waals surface area contributed by atoms with Gasteiger partial charge in [0.15, 0.2) is 0 Å². The topological polar surface area (TPSA) is 86.8 Å². The van der Waals surface area contributed by atoms with Gasteiger partial charge < -0.3 is 10.2 Å². The molecule has 0 radical (unpaired) electrons. The first-order valence-corrected chi connectivity index (χ1v) is 16.0. The molecule has 2 amide bonds. The maximum Gasteiger partial charge on any atom is 0.417 e. The number of hydrogen-bond donors (Lipinski definition) is 1. The number of nitrogens with zero attached hydrogens (tertiary/aromatic N) is 2. The number of carbonyl (C=O) groups excluding carboxylic acids is 2. The molecule has 0 aliphatic rings. The number of alkyl halides is 3. The first kappa shape index (κ1) is 35.5. The van der Waals surface area contributed by atoms with E-state index in [9.17, 15) is 31.2 Å². The molecule has 14 heteroatoms. The first-order chi connectivity index (χ1) is 20.4. The highest BCUT2D eigenvalue weighted by atomic mass is 35.5. The quantitative estimate of drug-likeness (QED) is 0.228. The van der Waals surface area contributed by atoms with Crippen molar-refractivity contribution in [3.05, 3.63) is 92.4 Å². The monoisotopic (exact) mass is 691 g/mol. The summed E-state index contributed by atoms with van der Waals surface area (Å²) in [7, 11) is -4.60. The van der Waals surface area contributed by atoms with Gasteiger partial charge >= 0.3 is 6.18 Å². The zero-order chi connectivity index (χ0) is 33.0. The van der Waals surface area contributed by atoms with Crippen molar-refractivity contribution < 1.29 is 31.2 Å². The van der Waals surface area contributed by atoms with Gasteiger partial charge in [-0.3, -0.25) is 13.9 Å². The highest BCUT2D eigenvalue weighted by Gasteiger charge is 2.37. The fraction of sp³-hybridized carbons (Fsp3) is 0.333. The van der Waals surface area contributed by atoms with E-state index in [0.29, 0.717) is 27.5 Å². The molecule has 3 rings (SSSR count). The Morgan fingerprint density at radius 2 is 1.55 bits per heavy atom. The molecule has 0 saturated heterocycles. The van der Waals surface area contributed by atoms with Crippen LogP contribution in [-0.2, 0) is 32.3 Å². The molecule has 0 heterocycles. The molecule has 44 heavy (non-hydrogen) atoms. The van der Waals surface area contributed by atoms with Crippen LogP contribution in [0.5, 0.6) is 0 Å². The largest absolute Gasteiger partial charge is 0.417 e. The third-order valence-electron chi connectivity index (χ3n) is 6.64. The molecule has 0 spiro atoms. The Labute approximate surface area is 269 Å². The second-order valence-electron chi connectivity index (χ2n) is 10.6. The average molecular weight is 693 g/mol. The number of amides is 2. The van der Waals surface area contributed by atoms with Crippen LogP contribution in [-0.4, -0.2) is 44.3 Å². The summed E-state index contributed by atoms with van der Waals surface area (Å²) in [6.07, 6.45) is -4.91. The molecule has 0 fully saturated rings. The number of aryl methyl sites for hydroxylation is 1. The number of hydrogen-bond acceptors (Lipinski definition) is 4. The van der Waals surface area contributed by atoms with Crippen LogP contribution in [0.15, 0.2) is 65.6 Å². The van der Waals surface area contributed by atoms with Gasteiger partial charge in [0.1, 0.15) is 12.6 Å². The van der Waals surface area contributed by atoms with Crippen molar-refractivity contribution in [1.29, 1.82) is 0 Å². The van der Waals surface area contributed by atoms with Gasteiger partial charge in [-0.1, -0.05) is 72.4 Å². The van der Waals surface area contributed by atoms with Crippen molar-refractivity contribution in [3.8, 4) is 0 Å². The van der Waals surface area contributed by atoms with Crippen molar-refractivity contribution in [2.24, 2.45) is 5.92 Å². The fourth-order valence-corrected chi connectivity index (χ4v) is 6.22. The molecule has 3 aromatic carbocycles. The Balaban J connectivity index is 2.13. The number of nitrogens with one attached hydrogen (secondary N) is 1. The van der Waals surface area contributed by atoms with E-state index in [4.69, 9.17) is 34.8 Å². The van der Waals surface area contributed by atoms with Crippen molar-refractivity contribution in [2.45, 2.75) is 51.4 Å². The molecule has 238 valence electrons. The number of rotatable bonds is 11. The Bertz CT molecular complexity index is 1620. The highest BCUT2D eigenvalue weighted by Crippen LogP contribution is 2.38. The number of carbonyl (C=O) groups is 2. The SMILES string of the molecule is Cc1ccc(S(=O)(=O)N(CC(=O)N(Cc2ccc(Cl)cc2Cl)[C@H](C)C(=O)NCC(C)C)c2ccc(Cl)c(C(F)(F)F)c2)cc1. The van der Waals surface area contributed by atoms with Gasteiger partial charge in [-0.05, 0) is 67.8 Å². The molecule has 0 aromatic heterocycles. The van der Waals surface area contributed by atoms with Crippen LogP contribution in [0.25, 0.3) is 0 Å². The van der Waals surface area contributed by atoms with Crippen LogP contribution in [0, 0.1) is 12.8 Å². The van der Waals surface area contributed by atoms with Crippen LogP contribution in [0.4, 0.5) is 18.9 Å². The van der Waals surface area contributed by atoms with E-state index >= 15 is 0 Å². The lowest BCUT2D eigenvalue weighted by atomic mass is 10.1. The molecule has 7 nitrogen and oxygen atoms in total. The molecular formula is C30H31Cl3F3N3O4S. The number of anilines is 1. The van der Waals surface area contributed by atoms with Gasteiger partial charge in [0.2, 0.25) is 11.8 Å². The van der Waals surface area contributed by atoms with Gasteiger partial charge in [-0.15, -0.1) is 0 Å². The Morgan fingerprint density at radius 1 is 0.909 bits per heavy atom. The number of benzene rings is 3. The summed E-state index contributed by atoms with van der Waals surface area (Å²) < 4.78 is 69.7. The van der Waals surface area contributed by atoms with E-state index in [0.717, 1.165) is 22.6 Å².